The van der Waals surface area contributed by atoms with Crippen LogP contribution in [0.5, 0.6) is 11.5 Å². The zero-order valence-corrected chi connectivity index (χ0v) is 22.0. The van der Waals surface area contributed by atoms with Crippen LogP contribution in [0.2, 0.25) is 0 Å². The van der Waals surface area contributed by atoms with Crippen molar-refractivity contribution in [1.29, 1.82) is 0 Å². The first-order valence-electron chi connectivity index (χ1n) is 12.2. The van der Waals surface area contributed by atoms with Crippen molar-refractivity contribution in [1.82, 2.24) is 5.32 Å². The Kier molecular flexibility index (Phi) is 7.13. The number of halogens is 1. The standard InChI is InChI=1S/C27H34BrNO5/c1-5-33-21-12-16(11-18(28)25(21)31)23-22(26(32)34-17-9-7-6-8-10-17)15(2)29-19-13-27(3,4)14-20(30)24(19)23/h11-12,17,23,29,31H,5-10,13-14H2,1-4H3/t23-/m0/s1. The average molecular weight is 532 g/mol. The zero-order chi connectivity index (χ0) is 24.6. The van der Waals surface area contributed by atoms with E-state index in [2.05, 4.69) is 35.1 Å². The maximum atomic E-state index is 13.6. The molecule has 184 valence electrons. The van der Waals surface area contributed by atoms with Crippen molar-refractivity contribution in [3.05, 3.63) is 44.7 Å². The second-order valence-corrected chi connectivity index (χ2v) is 11.2. The Bertz CT molecular complexity index is 1070. The molecule has 1 saturated carbocycles. The summed E-state index contributed by atoms with van der Waals surface area (Å²) in [5, 5.41) is 13.9. The molecule has 0 radical (unpaired) electrons. The van der Waals surface area contributed by atoms with E-state index in [-0.39, 0.29) is 29.0 Å². The number of carbonyl (C=O) groups excluding carboxylic acids is 2. The number of dihydropyridines is 1. The van der Waals surface area contributed by atoms with Gasteiger partial charge in [-0.05, 0) is 85.0 Å². The molecule has 0 saturated heterocycles. The third kappa shape index (κ3) is 4.90. The molecule has 1 fully saturated rings. The molecular weight excluding hydrogens is 498 g/mol. The lowest BCUT2D eigenvalue weighted by atomic mass is 9.68. The minimum absolute atomic E-state index is 0.00289. The average Bonchev–Trinajstić information content (AvgIpc) is 2.75. The number of Topliss-reactive ketones (excluding diaryl/α,β-unsaturated/α-hetero) is 1. The third-order valence-corrected chi connectivity index (χ3v) is 7.57. The molecule has 0 bridgehead atoms. The van der Waals surface area contributed by atoms with Crippen molar-refractivity contribution in [2.45, 2.75) is 84.7 Å². The minimum atomic E-state index is -0.591. The van der Waals surface area contributed by atoms with Crippen LogP contribution in [0, 0.1) is 5.41 Å². The fourth-order valence-electron chi connectivity index (χ4n) is 5.46. The van der Waals surface area contributed by atoms with Gasteiger partial charge in [0.15, 0.2) is 17.3 Å². The van der Waals surface area contributed by atoms with E-state index in [0.717, 1.165) is 31.4 Å². The molecule has 4 rings (SSSR count). The number of hydrogen-bond donors (Lipinski definition) is 2. The number of rotatable bonds is 5. The lowest BCUT2D eigenvalue weighted by molar-refractivity contribution is -0.146. The molecule has 0 unspecified atom stereocenters. The summed E-state index contributed by atoms with van der Waals surface area (Å²) in [6.45, 7) is 8.26. The highest BCUT2D eigenvalue weighted by Gasteiger charge is 2.44. The molecule has 1 aliphatic heterocycles. The Morgan fingerprint density at radius 2 is 1.91 bits per heavy atom. The summed E-state index contributed by atoms with van der Waals surface area (Å²) in [6.07, 6.45) is 6.06. The summed E-state index contributed by atoms with van der Waals surface area (Å²) in [4.78, 5) is 27.1. The summed E-state index contributed by atoms with van der Waals surface area (Å²) in [5.74, 6) is -0.632. The molecule has 1 atom stereocenters. The number of phenols is 1. The Morgan fingerprint density at radius 3 is 2.59 bits per heavy atom. The second-order valence-electron chi connectivity index (χ2n) is 10.4. The van der Waals surface area contributed by atoms with Gasteiger partial charge in [-0.15, -0.1) is 0 Å². The van der Waals surface area contributed by atoms with E-state index in [1.807, 2.05) is 13.8 Å². The first-order chi connectivity index (χ1) is 16.1. The van der Waals surface area contributed by atoms with Crippen LogP contribution >= 0.6 is 15.9 Å². The topological polar surface area (TPSA) is 84.9 Å². The van der Waals surface area contributed by atoms with Gasteiger partial charge in [-0.1, -0.05) is 20.3 Å². The van der Waals surface area contributed by atoms with Crippen LogP contribution in [0.3, 0.4) is 0 Å². The zero-order valence-electron chi connectivity index (χ0n) is 20.4. The molecule has 2 aliphatic carbocycles. The maximum absolute atomic E-state index is 13.6. The van der Waals surface area contributed by atoms with Gasteiger partial charge in [-0.2, -0.15) is 0 Å². The van der Waals surface area contributed by atoms with Crippen molar-refractivity contribution in [3.8, 4) is 11.5 Å². The largest absolute Gasteiger partial charge is 0.503 e. The highest BCUT2D eigenvalue weighted by atomic mass is 79.9. The molecule has 2 N–H and O–H groups in total. The van der Waals surface area contributed by atoms with Crippen molar-refractivity contribution < 1.29 is 24.2 Å². The number of hydrogen-bond acceptors (Lipinski definition) is 6. The van der Waals surface area contributed by atoms with Gasteiger partial charge in [0.1, 0.15) is 6.10 Å². The van der Waals surface area contributed by atoms with Crippen LogP contribution in [0.4, 0.5) is 0 Å². The highest BCUT2D eigenvalue weighted by Crippen LogP contribution is 2.49. The number of aromatic hydroxyl groups is 1. The minimum Gasteiger partial charge on any atom is -0.503 e. The predicted molar refractivity (Wildman–Crippen MR) is 134 cm³/mol. The van der Waals surface area contributed by atoms with E-state index in [1.54, 1.807) is 12.1 Å². The van der Waals surface area contributed by atoms with Crippen LogP contribution in [0.25, 0.3) is 0 Å². The predicted octanol–water partition coefficient (Wildman–Crippen LogP) is 6.03. The number of ether oxygens (including phenoxy) is 2. The summed E-state index contributed by atoms with van der Waals surface area (Å²) in [6, 6.07) is 3.51. The fourth-order valence-corrected chi connectivity index (χ4v) is 5.92. The Labute approximate surface area is 209 Å². The number of ketones is 1. The Hall–Kier alpha value is -2.28. The molecular formula is C27H34BrNO5. The van der Waals surface area contributed by atoms with Gasteiger partial charge < -0.3 is 19.9 Å². The van der Waals surface area contributed by atoms with E-state index in [1.165, 1.54) is 6.42 Å². The molecule has 7 heteroatoms. The van der Waals surface area contributed by atoms with Crippen molar-refractivity contribution in [2.75, 3.05) is 6.61 Å². The smallest absolute Gasteiger partial charge is 0.337 e. The van der Waals surface area contributed by atoms with Gasteiger partial charge >= 0.3 is 5.97 Å². The maximum Gasteiger partial charge on any atom is 0.337 e. The van der Waals surface area contributed by atoms with Gasteiger partial charge in [0, 0.05) is 29.3 Å². The van der Waals surface area contributed by atoms with Crippen molar-refractivity contribution in [3.63, 3.8) is 0 Å². The first-order valence-corrected chi connectivity index (χ1v) is 13.0. The quantitative estimate of drug-likeness (QED) is 0.451. The van der Waals surface area contributed by atoms with Crippen LogP contribution in [0.1, 0.15) is 84.1 Å². The summed E-state index contributed by atoms with van der Waals surface area (Å²) in [7, 11) is 0. The van der Waals surface area contributed by atoms with E-state index in [9.17, 15) is 14.7 Å². The van der Waals surface area contributed by atoms with E-state index < -0.39 is 5.92 Å². The van der Waals surface area contributed by atoms with Crippen molar-refractivity contribution >= 4 is 27.7 Å². The summed E-state index contributed by atoms with van der Waals surface area (Å²) >= 11 is 3.43. The van der Waals surface area contributed by atoms with Crippen LogP contribution < -0.4 is 10.1 Å². The first kappa shape index (κ1) is 24.8. The number of phenolic OH excluding ortho intramolecular Hbond substituents is 1. The van der Waals surface area contributed by atoms with Gasteiger partial charge in [0.25, 0.3) is 0 Å². The number of benzene rings is 1. The second kappa shape index (κ2) is 9.76. The molecule has 0 spiro atoms. The summed E-state index contributed by atoms with van der Waals surface area (Å²) in [5.41, 5.74) is 3.18. The van der Waals surface area contributed by atoms with E-state index in [4.69, 9.17) is 9.47 Å². The number of nitrogens with one attached hydrogen (secondary N) is 1. The molecule has 6 nitrogen and oxygen atoms in total. The number of carbonyl (C=O) groups is 2. The normalized spacial score (nSPS) is 22.9. The van der Waals surface area contributed by atoms with Gasteiger partial charge in [0.2, 0.25) is 0 Å². The molecule has 1 heterocycles. The molecule has 1 aromatic rings. The van der Waals surface area contributed by atoms with Crippen LogP contribution in [-0.2, 0) is 14.3 Å². The van der Waals surface area contributed by atoms with Gasteiger partial charge in [-0.3, -0.25) is 4.79 Å². The Balaban J connectivity index is 1.82. The molecule has 0 amide bonds. The lowest BCUT2D eigenvalue weighted by Crippen LogP contribution is -2.39. The third-order valence-electron chi connectivity index (χ3n) is 6.97. The number of esters is 1. The number of allylic oxidation sites excluding steroid dienone is 3. The summed E-state index contributed by atoms with van der Waals surface area (Å²) < 4.78 is 12.1. The van der Waals surface area contributed by atoms with Gasteiger partial charge in [0.05, 0.1) is 16.7 Å². The van der Waals surface area contributed by atoms with Crippen LogP contribution in [0.15, 0.2) is 39.1 Å². The SMILES string of the molecule is CCOc1cc([C@H]2C(C(=O)OC3CCCCC3)=C(C)NC3=C2C(=O)CC(C)(C)C3)cc(Br)c1O. The van der Waals surface area contributed by atoms with Gasteiger partial charge in [-0.25, -0.2) is 4.79 Å². The monoisotopic (exact) mass is 531 g/mol. The molecule has 0 aromatic heterocycles. The molecule has 1 aromatic carbocycles. The van der Waals surface area contributed by atoms with Crippen molar-refractivity contribution in [2.24, 2.45) is 5.41 Å². The van der Waals surface area contributed by atoms with E-state index >= 15 is 0 Å². The molecule has 34 heavy (non-hydrogen) atoms. The highest BCUT2D eigenvalue weighted by molar-refractivity contribution is 9.10. The fraction of sp³-hybridized carbons (Fsp3) is 0.556. The Morgan fingerprint density at radius 1 is 1.21 bits per heavy atom. The lowest BCUT2D eigenvalue weighted by Gasteiger charge is -2.39. The van der Waals surface area contributed by atoms with Crippen LogP contribution in [-0.4, -0.2) is 29.6 Å². The van der Waals surface area contributed by atoms with E-state index in [0.29, 0.717) is 52.1 Å². The molecule has 3 aliphatic rings.